The Balaban J connectivity index is 1.79. The van der Waals surface area contributed by atoms with Crippen molar-refractivity contribution in [3.05, 3.63) is 66.3 Å². The number of carboxylic acid groups (broad SMARTS) is 2. The lowest BCUT2D eigenvalue weighted by Crippen LogP contribution is -2.58. The van der Waals surface area contributed by atoms with Crippen molar-refractivity contribution in [2.75, 3.05) is 0 Å². The number of nitrogens with one attached hydrogen (secondary N) is 5. The lowest BCUT2D eigenvalue weighted by molar-refractivity contribution is -0.142. The molecular formula is C25H30N8O8. The first kappa shape index (κ1) is 30.3. The number of hydrogen-bond donors (Lipinski definition) is 9. The Morgan fingerprint density at radius 3 is 1.68 bits per heavy atom. The number of benzene rings is 1. The van der Waals surface area contributed by atoms with E-state index in [2.05, 4.69) is 35.9 Å². The van der Waals surface area contributed by atoms with Crippen molar-refractivity contribution < 1.29 is 39.3 Å². The third kappa shape index (κ3) is 9.47. The summed E-state index contributed by atoms with van der Waals surface area (Å²) < 4.78 is 0. The van der Waals surface area contributed by atoms with Gasteiger partial charge in [-0.2, -0.15) is 0 Å². The van der Waals surface area contributed by atoms with E-state index in [-0.39, 0.29) is 25.0 Å². The van der Waals surface area contributed by atoms with E-state index < -0.39 is 60.2 Å². The molecule has 3 amide bonds. The Morgan fingerprint density at radius 1 is 0.756 bits per heavy atom. The minimum Gasteiger partial charge on any atom is -0.508 e. The monoisotopic (exact) mass is 570 g/mol. The van der Waals surface area contributed by atoms with Crippen LogP contribution in [0.3, 0.4) is 0 Å². The largest absolute Gasteiger partial charge is 0.508 e. The van der Waals surface area contributed by atoms with Gasteiger partial charge in [-0.05, 0) is 17.7 Å². The number of phenolic OH excluding ortho intramolecular Hbond substituents is 1. The zero-order valence-electron chi connectivity index (χ0n) is 21.6. The fourth-order valence-electron chi connectivity index (χ4n) is 3.82. The molecule has 0 bridgehead atoms. The number of aromatic amines is 2. The summed E-state index contributed by atoms with van der Waals surface area (Å²) in [5, 5.41) is 35.5. The summed E-state index contributed by atoms with van der Waals surface area (Å²) in [7, 11) is 0. The van der Waals surface area contributed by atoms with Crippen molar-refractivity contribution in [2.24, 2.45) is 5.73 Å². The second kappa shape index (κ2) is 14.2. The van der Waals surface area contributed by atoms with Gasteiger partial charge in [-0.3, -0.25) is 19.2 Å². The number of rotatable bonds is 15. The Labute approximate surface area is 232 Å². The smallest absolute Gasteiger partial charge is 0.326 e. The number of imidazole rings is 2. The molecule has 0 aliphatic heterocycles. The quantitative estimate of drug-likeness (QED) is 0.0984. The van der Waals surface area contributed by atoms with Crippen molar-refractivity contribution in [3.63, 3.8) is 0 Å². The topological polar surface area (TPSA) is 266 Å². The number of amides is 3. The van der Waals surface area contributed by atoms with Crippen molar-refractivity contribution >= 4 is 29.7 Å². The van der Waals surface area contributed by atoms with E-state index in [1.54, 1.807) is 0 Å². The van der Waals surface area contributed by atoms with E-state index in [9.17, 15) is 34.2 Å². The number of carbonyl (C=O) groups is 5. The van der Waals surface area contributed by atoms with Crippen molar-refractivity contribution in [3.8, 4) is 5.75 Å². The first-order valence-electron chi connectivity index (χ1n) is 12.4. The molecule has 16 nitrogen and oxygen atoms in total. The Morgan fingerprint density at radius 2 is 1.24 bits per heavy atom. The summed E-state index contributed by atoms with van der Waals surface area (Å²) in [4.78, 5) is 75.5. The van der Waals surface area contributed by atoms with Gasteiger partial charge in [-0.1, -0.05) is 12.1 Å². The first-order valence-corrected chi connectivity index (χ1v) is 12.4. The van der Waals surface area contributed by atoms with Crippen LogP contribution in [0.25, 0.3) is 0 Å². The summed E-state index contributed by atoms with van der Waals surface area (Å²) in [6, 6.07) is 0.373. The van der Waals surface area contributed by atoms with Gasteiger partial charge in [0, 0.05) is 43.0 Å². The number of phenols is 1. The average molecular weight is 571 g/mol. The fourth-order valence-corrected chi connectivity index (χ4v) is 3.82. The van der Waals surface area contributed by atoms with E-state index in [4.69, 9.17) is 10.8 Å². The van der Waals surface area contributed by atoms with E-state index in [1.807, 2.05) is 0 Å². The number of carbonyl (C=O) groups excluding carboxylic acids is 3. The number of nitrogens with two attached hydrogens (primary N) is 1. The van der Waals surface area contributed by atoms with Crippen LogP contribution in [0.15, 0.2) is 49.3 Å². The molecule has 41 heavy (non-hydrogen) atoms. The number of H-pyrrole nitrogens is 2. The third-order valence-corrected chi connectivity index (χ3v) is 5.95. The van der Waals surface area contributed by atoms with E-state index in [0.29, 0.717) is 17.0 Å². The van der Waals surface area contributed by atoms with Gasteiger partial charge >= 0.3 is 11.9 Å². The fraction of sp³-hybridized carbons (Fsp3) is 0.320. The summed E-state index contributed by atoms with van der Waals surface area (Å²) in [6.45, 7) is 0. The van der Waals surface area contributed by atoms with Crippen LogP contribution in [-0.4, -0.2) is 89.1 Å². The third-order valence-electron chi connectivity index (χ3n) is 5.95. The molecule has 1 aromatic carbocycles. The highest BCUT2D eigenvalue weighted by Gasteiger charge is 2.31. The number of aliphatic carboxylic acids is 2. The second-order valence-corrected chi connectivity index (χ2v) is 9.16. The maximum absolute atomic E-state index is 13.4. The number of carboxylic acids is 2. The maximum Gasteiger partial charge on any atom is 0.326 e. The van der Waals surface area contributed by atoms with Crippen LogP contribution >= 0.6 is 0 Å². The molecule has 3 aromatic rings. The molecule has 4 unspecified atom stereocenters. The zero-order chi connectivity index (χ0) is 29.9. The van der Waals surface area contributed by atoms with Crippen LogP contribution in [0.2, 0.25) is 0 Å². The van der Waals surface area contributed by atoms with Gasteiger partial charge in [-0.25, -0.2) is 14.8 Å². The van der Waals surface area contributed by atoms with Crippen LogP contribution in [0.1, 0.15) is 23.4 Å². The van der Waals surface area contributed by atoms with Crippen molar-refractivity contribution in [2.45, 2.75) is 49.9 Å². The normalized spacial score (nSPS) is 13.8. The highest BCUT2D eigenvalue weighted by molar-refractivity contribution is 5.95. The van der Waals surface area contributed by atoms with Gasteiger partial charge in [0.15, 0.2) is 0 Å². The van der Waals surface area contributed by atoms with Gasteiger partial charge in [-0.15, -0.1) is 0 Å². The van der Waals surface area contributed by atoms with Crippen LogP contribution in [0.5, 0.6) is 5.75 Å². The molecule has 0 spiro atoms. The number of hydrogen-bond acceptors (Lipinski definition) is 9. The standard InChI is InChI=1S/C25H30N8O8/c26-17(8-21(35)36)22(37)31-18(6-14-9-27-11-29-14)23(38)32-19(7-15-10-28-12-30-15)24(39)33-20(25(40)41)5-13-1-3-16(34)4-2-13/h1-4,9-12,17-20,34H,5-8,26H2,(H,27,29)(H,28,30)(H,31,37)(H,32,38)(H,33,39)(H,35,36)(H,40,41). The maximum atomic E-state index is 13.4. The summed E-state index contributed by atoms with van der Waals surface area (Å²) in [5.74, 6) is -5.18. The van der Waals surface area contributed by atoms with Crippen LogP contribution in [-0.2, 0) is 43.2 Å². The van der Waals surface area contributed by atoms with Gasteiger partial charge in [0.1, 0.15) is 23.9 Å². The summed E-state index contributed by atoms with van der Waals surface area (Å²) in [5.41, 5.74) is 7.08. The lowest BCUT2D eigenvalue weighted by atomic mass is 10.0. The van der Waals surface area contributed by atoms with E-state index >= 15 is 0 Å². The van der Waals surface area contributed by atoms with E-state index in [0.717, 1.165) is 0 Å². The molecule has 4 atom stereocenters. The van der Waals surface area contributed by atoms with Crippen LogP contribution < -0.4 is 21.7 Å². The molecule has 0 radical (unpaired) electrons. The number of aromatic hydroxyl groups is 1. The first-order chi connectivity index (χ1) is 19.5. The second-order valence-electron chi connectivity index (χ2n) is 9.16. The Bertz CT molecular complexity index is 1330. The summed E-state index contributed by atoms with van der Waals surface area (Å²) >= 11 is 0. The SMILES string of the molecule is NC(CC(=O)O)C(=O)NC(Cc1cnc[nH]1)C(=O)NC(Cc1cnc[nH]1)C(=O)NC(Cc1ccc(O)cc1)C(=O)O. The molecule has 0 aliphatic carbocycles. The minimum atomic E-state index is -1.44. The van der Waals surface area contributed by atoms with Gasteiger partial charge in [0.2, 0.25) is 17.7 Å². The molecule has 0 saturated heterocycles. The number of aromatic nitrogens is 4. The highest BCUT2D eigenvalue weighted by atomic mass is 16.4. The predicted octanol–water partition coefficient (Wildman–Crippen LogP) is -1.79. The van der Waals surface area contributed by atoms with E-state index in [1.165, 1.54) is 49.3 Å². The molecule has 218 valence electrons. The van der Waals surface area contributed by atoms with Crippen molar-refractivity contribution in [1.29, 1.82) is 0 Å². The van der Waals surface area contributed by atoms with Gasteiger partial charge < -0.3 is 47.0 Å². The van der Waals surface area contributed by atoms with Crippen LogP contribution in [0, 0.1) is 0 Å². The minimum absolute atomic E-state index is 0.00677. The predicted molar refractivity (Wildman–Crippen MR) is 140 cm³/mol. The molecule has 16 heteroatoms. The Hall–Kier alpha value is -5.25. The van der Waals surface area contributed by atoms with Gasteiger partial charge in [0.25, 0.3) is 0 Å². The van der Waals surface area contributed by atoms with Gasteiger partial charge in [0.05, 0.1) is 25.1 Å². The molecular weight excluding hydrogens is 540 g/mol. The molecule has 2 heterocycles. The molecule has 0 aliphatic rings. The molecule has 0 saturated carbocycles. The number of nitrogens with zero attached hydrogens (tertiary/aromatic N) is 2. The zero-order valence-corrected chi connectivity index (χ0v) is 21.6. The average Bonchev–Trinajstić information content (AvgIpc) is 3.62. The molecule has 10 N–H and O–H groups in total. The molecule has 2 aromatic heterocycles. The lowest BCUT2D eigenvalue weighted by Gasteiger charge is -2.25. The molecule has 3 rings (SSSR count). The summed E-state index contributed by atoms with van der Waals surface area (Å²) in [6.07, 6.45) is 4.57. The highest BCUT2D eigenvalue weighted by Crippen LogP contribution is 2.12. The van der Waals surface area contributed by atoms with Crippen LogP contribution in [0.4, 0.5) is 0 Å². The van der Waals surface area contributed by atoms with Crippen molar-refractivity contribution in [1.82, 2.24) is 35.9 Å². The Kier molecular flexibility index (Phi) is 10.5. The molecule has 0 fully saturated rings.